The standard InChI is InChI=1S/C4H10N2O2S2/c1-5-3(7)9-10-4(8)6-2/h3,5,7H,1-2H3,(H,6,8). The molecule has 0 aromatic rings. The van der Waals surface area contributed by atoms with E-state index in [0.717, 1.165) is 21.6 Å². The Balaban J connectivity index is 3.26. The summed E-state index contributed by atoms with van der Waals surface area (Å²) in [6.07, 6.45) is 0. The largest absolute Gasteiger partial charge is 0.368 e. The van der Waals surface area contributed by atoms with E-state index in [9.17, 15) is 4.79 Å². The Morgan fingerprint density at radius 1 is 1.60 bits per heavy atom. The van der Waals surface area contributed by atoms with Crippen LogP contribution >= 0.6 is 21.6 Å². The highest BCUT2D eigenvalue weighted by atomic mass is 33.1. The van der Waals surface area contributed by atoms with Crippen molar-refractivity contribution in [3.8, 4) is 0 Å². The molecule has 0 aromatic heterocycles. The molecule has 0 radical (unpaired) electrons. The Hall–Kier alpha value is 0.0900. The van der Waals surface area contributed by atoms with Gasteiger partial charge in [-0.25, -0.2) is 0 Å². The molecule has 0 aromatic carbocycles. The summed E-state index contributed by atoms with van der Waals surface area (Å²) in [5.41, 5.74) is -0.692. The van der Waals surface area contributed by atoms with E-state index in [-0.39, 0.29) is 5.24 Å². The van der Waals surface area contributed by atoms with Gasteiger partial charge in [0.15, 0.2) is 5.56 Å². The third kappa shape index (κ3) is 4.92. The van der Waals surface area contributed by atoms with Crippen LogP contribution in [0.5, 0.6) is 0 Å². The molecule has 0 rings (SSSR count). The summed E-state index contributed by atoms with van der Waals surface area (Å²) in [6, 6.07) is 0. The summed E-state index contributed by atoms with van der Waals surface area (Å²) in [5.74, 6) is 0. The van der Waals surface area contributed by atoms with Gasteiger partial charge in [0.05, 0.1) is 0 Å². The average Bonchev–Trinajstić information content (AvgIpc) is 1.99. The maximum Gasteiger partial charge on any atom is 0.289 e. The molecule has 0 saturated carbocycles. The molecule has 0 spiro atoms. The van der Waals surface area contributed by atoms with Crippen molar-refractivity contribution in [3.63, 3.8) is 0 Å². The van der Waals surface area contributed by atoms with Crippen molar-refractivity contribution in [2.45, 2.75) is 5.56 Å². The fourth-order valence-electron chi connectivity index (χ4n) is 0.179. The molecule has 0 aliphatic carbocycles. The summed E-state index contributed by atoms with van der Waals surface area (Å²) in [5, 5.41) is 13.7. The Morgan fingerprint density at radius 2 is 2.20 bits per heavy atom. The molecule has 3 N–H and O–H groups in total. The first-order valence-electron chi connectivity index (χ1n) is 2.61. The van der Waals surface area contributed by atoms with Gasteiger partial charge < -0.3 is 10.4 Å². The zero-order chi connectivity index (χ0) is 7.98. The fourth-order valence-corrected chi connectivity index (χ4v) is 1.61. The first-order chi connectivity index (χ1) is 4.70. The van der Waals surface area contributed by atoms with E-state index < -0.39 is 5.56 Å². The molecule has 0 aliphatic heterocycles. The summed E-state index contributed by atoms with van der Waals surface area (Å²) >= 11 is 0. The van der Waals surface area contributed by atoms with E-state index in [1.165, 1.54) is 0 Å². The van der Waals surface area contributed by atoms with E-state index >= 15 is 0 Å². The molecule has 60 valence electrons. The Morgan fingerprint density at radius 3 is 2.60 bits per heavy atom. The maximum absolute atomic E-state index is 10.5. The summed E-state index contributed by atoms with van der Waals surface area (Å²) in [4.78, 5) is 10.5. The minimum absolute atomic E-state index is 0.167. The first kappa shape index (κ1) is 10.1. The zero-order valence-electron chi connectivity index (χ0n) is 5.75. The number of aliphatic hydroxyl groups is 1. The number of hydrogen-bond acceptors (Lipinski definition) is 5. The van der Waals surface area contributed by atoms with Crippen LogP contribution in [0.3, 0.4) is 0 Å². The van der Waals surface area contributed by atoms with Crippen molar-refractivity contribution in [2.24, 2.45) is 0 Å². The number of amides is 1. The Bertz CT molecular complexity index is 111. The monoisotopic (exact) mass is 182 g/mol. The van der Waals surface area contributed by atoms with Gasteiger partial charge in [-0.05, 0) is 17.8 Å². The van der Waals surface area contributed by atoms with Crippen molar-refractivity contribution in [3.05, 3.63) is 0 Å². The number of carbonyl (C=O) groups excluding carboxylic acids is 1. The molecule has 6 heteroatoms. The number of aliphatic hydroxyl groups excluding tert-OH is 1. The summed E-state index contributed by atoms with van der Waals surface area (Å²) in [7, 11) is 5.18. The molecule has 1 unspecified atom stereocenters. The van der Waals surface area contributed by atoms with Crippen LogP contribution < -0.4 is 10.6 Å². The highest BCUT2D eigenvalue weighted by Gasteiger charge is 2.04. The van der Waals surface area contributed by atoms with E-state index in [0.29, 0.717) is 0 Å². The van der Waals surface area contributed by atoms with Crippen LogP contribution in [-0.2, 0) is 0 Å². The van der Waals surface area contributed by atoms with E-state index in [2.05, 4.69) is 10.6 Å². The third-order valence-electron chi connectivity index (χ3n) is 0.666. The lowest BCUT2D eigenvalue weighted by molar-refractivity contribution is 0.238. The number of rotatable bonds is 3. The van der Waals surface area contributed by atoms with Crippen molar-refractivity contribution in [1.29, 1.82) is 0 Å². The van der Waals surface area contributed by atoms with Gasteiger partial charge in [-0.1, -0.05) is 0 Å². The second kappa shape index (κ2) is 5.84. The van der Waals surface area contributed by atoms with Crippen molar-refractivity contribution >= 4 is 26.8 Å². The summed E-state index contributed by atoms with van der Waals surface area (Å²) in [6.45, 7) is 0. The molecule has 1 amide bonds. The number of carbonyl (C=O) groups is 1. The average molecular weight is 182 g/mol. The lowest BCUT2D eigenvalue weighted by atomic mass is 11.2. The molecular weight excluding hydrogens is 172 g/mol. The van der Waals surface area contributed by atoms with Crippen LogP contribution in [0.15, 0.2) is 0 Å². The molecule has 4 nitrogen and oxygen atoms in total. The topological polar surface area (TPSA) is 61.4 Å². The van der Waals surface area contributed by atoms with Gasteiger partial charge in [-0.3, -0.25) is 10.1 Å². The predicted molar refractivity (Wildman–Crippen MR) is 44.7 cm³/mol. The van der Waals surface area contributed by atoms with E-state index in [1.54, 1.807) is 14.1 Å². The molecule has 0 saturated heterocycles. The highest BCUT2D eigenvalue weighted by molar-refractivity contribution is 8.82. The van der Waals surface area contributed by atoms with Gasteiger partial charge in [0.2, 0.25) is 0 Å². The molecule has 0 heterocycles. The summed E-state index contributed by atoms with van der Waals surface area (Å²) < 4.78 is 0. The second-order valence-electron chi connectivity index (χ2n) is 1.36. The first-order valence-corrected chi connectivity index (χ1v) is 4.82. The van der Waals surface area contributed by atoms with E-state index in [1.807, 2.05) is 0 Å². The Labute approximate surface area is 67.5 Å². The predicted octanol–water partition coefficient (Wildman–Crippen LogP) is 0.203. The second-order valence-corrected chi connectivity index (χ2v) is 3.61. The number of hydrogen-bond donors (Lipinski definition) is 3. The van der Waals surface area contributed by atoms with Gasteiger partial charge >= 0.3 is 0 Å². The van der Waals surface area contributed by atoms with Gasteiger partial charge in [0.1, 0.15) is 0 Å². The van der Waals surface area contributed by atoms with Gasteiger partial charge in [-0.2, -0.15) is 0 Å². The van der Waals surface area contributed by atoms with Crippen LogP contribution in [0.1, 0.15) is 0 Å². The fraction of sp³-hybridized carbons (Fsp3) is 0.750. The molecule has 0 fully saturated rings. The molecule has 10 heavy (non-hydrogen) atoms. The maximum atomic E-state index is 10.5. The van der Waals surface area contributed by atoms with Crippen molar-refractivity contribution in [1.82, 2.24) is 10.6 Å². The molecule has 0 aliphatic rings. The van der Waals surface area contributed by atoms with Crippen LogP contribution in [-0.4, -0.2) is 30.0 Å². The van der Waals surface area contributed by atoms with Crippen LogP contribution in [0.25, 0.3) is 0 Å². The highest BCUT2D eigenvalue weighted by Crippen LogP contribution is 2.23. The zero-order valence-corrected chi connectivity index (χ0v) is 7.38. The van der Waals surface area contributed by atoms with Crippen molar-refractivity contribution < 1.29 is 9.90 Å². The lowest BCUT2D eigenvalue weighted by Crippen LogP contribution is -2.20. The van der Waals surface area contributed by atoms with Crippen LogP contribution in [0.4, 0.5) is 4.79 Å². The smallest absolute Gasteiger partial charge is 0.289 e. The third-order valence-corrected chi connectivity index (χ3v) is 2.83. The van der Waals surface area contributed by atoms with Gasteiger partial charge in [-0.15, -0.1) is 0 Å². The van der Waals surface area contributed by atoms with Crippen LogP contribution in [0.2, 0.25) is 0 Å². The number of nitrogens with one attached hydrogen (secondary N) is 2. The molecule has 1 atom stereocenters. The molecular formula is C4H10N2O2S2. The van der Waals surface area contributed by atoms with E-state index in [4.69, 9.17) is 5.11 Å². The van der Waals surface area contributed by atoms with Crippen LogP contribution in [0, 0.1) is 0 Å². The minimum atomic E-state index is -0.692. The molecule has 0 bridgehead atoms. The minimum Gasteiger partial charge on any atom is -0.368 e. The lowest BCUT2D eigenvalue weighted by Gasteiger charge is -2.05. The normalized spacial score (nSPS) is 12.7. The SMILES string of the molecule is CNC(=O)SSC(O)NC. The van der Waals surface area contributed by atoms with Gasteiger partial charge in [0, 0.05) is 17.8 Å². The Kier molecular flexibility index (Phi) is 5.90. The van der Waals surface area contributed by atoms with Crippen molar-refractivity contribution in [2.75, 3.05) is 14.1 Å². The quantitative estimate of drug-likeness (QED) is 0.430. The van der Waals surface area contributed by atoms with Gasteiger partial charge in [0.25, 0.3) is 5.24 Å².